The Morgan fingerprint density at radius 2 is 0.721 bits per heavy atom. The summed E-state index contributed by atoms with van der Waals surface area (Å²) in [7, 11) is -4.74. The monoisotopic (exact) mass is 981 g/mol. The number of ether oxygens (including phenoxy) is 3. The molecule has 0 aromatic heterocycles. The van der Waals surface area contributed by atoms with Gasteiger partial charge >= 0.3 is 25.7 Å². The van der Waals surface area contributed by atoms with Gasteiger partial charge < -0.3 is 24.2 Å². The third-order valence-electron chi connectivity index (χ3n) is 11.7. The second-order valence-corrected chi connectivity index (χ2v) is 19.8. The van der Waals surface area contributed by atoms with E-state index in [1.54, 1.807) is 0 Å². The van der Waals surface area contributed by atoms with Crippen molar-refractivity contribution in [2.45, 2.75) is 264 Å². The number of hydrogen-bond donors (Lipinski definition) is 2. The minimum absolute atomic E-state index is 0.157. The quantitative estimate of drug-likeness (QED) is 0.0197. The number of esters is 3. The molecule has 0 aliphatic rings. The van der Waals surface area contributed by atoms with E-state index < -0.39 is 57.8 Å². The first kappa shape index (κ1) is 65.4. The number of carbonyl (C=O) groups excluding carboxylic acids is 3. The Labute approximate surface area is 415 Å². The third-order valence-corrected chi connectivity index (χ3v) is 12.7. The van der Waals surface area contributed by atoms with Gasteiger partial charge in [-0.1, -0.05) is 198 Å². The van der Waals surface area contributed by atoms with Crippen LogP contribution in [0.3, 0.4) is 0 Å². The van der Waals surface area contributed by atoms with Gasteiger partial charge in [-0.25, -0.2) is 4.57 Å². The molecule has 0 saturated carbocycles. The Morgan fingerprint density at radius 1 is 0.412 bits per heavy atom. The summed E-state index contributed by atoms with van der Waals surface area (Å²) in [6.07, 6.45) is 52.2. The van der Waals surface area contributed by atoms with E-state index in [1.807, 2.05) is 0 Å². The van der Waals surface area contributed by atoms with Gasteiger partial charge in [0.05, 0.1) is 19.8 Å². The lowest BCUT2D eigenvalue weighted by atomic mass is 10.1. The lowest BCUT2D eigenvalue weighted by Gasteiger charge is -2.21. The highest BCUT2D eigenvalue weighted by atomic mass is 31.2. The highest BCUT2D eigenvalue weighted by Crippen LogP contribution is 2.43. The molecule has 12 heteroatoms. The fourth-order valence-corrected chi connectivity index (χ4v) is 8.26. The second kappa shape index (κ2) is 50.8. The smallest absolute Gasteiger partial charge is 0.462 e. The number of unbranched alkanes of at least 4 members (excludes halogenated alkanes) is 26. The van der Waals surface area contributed by atoms with Crippen molar-refractivity contribution in [3.05, 3.63) is 48.6 Å². The van der Waals surface area contributed by atoms with Crippen LogP contribution >= 0.6 is 7.82 Å². The summed E-state index contributed by atoms with van der Waals surface area (Å²) in [6, 6.07) is 0. The molecule has 0 saturated heterocycles. The summed E-state index contributed by atoms with van der Waals surface area (Å²) in [4.78, 5) is 48.3. The zero-order valence-corrected chi connectivity index (χ0v) is 44.5. The van der Waals surface area contributed by atoms with Gasteiger partial charge in [0.2, 0.25) is 0 Å². The Morgan fingerprint density at radius 3 is 1.12 bits per heavy atom. The predicted molar refractivity (Wildman–Crippen MR) is 279 cm³/mol. The molecule has 396 valence electrons. The molecule has 0 aliphatic carbocycles. The highest BCUT2D eigenvalue weighted by Gasteiger charge is 2.28. The topological polar surface area (TPSA) is 155 Å². The van der Waals surface area contributed by atoms with Gasteiger partial charge in [-0.05, 0) is 83.5 Å². The van der Waals surface area contributed by atoms with Crippen LogP contribution in [0.1, 0.15) is 252 Å². The van der Waals surface area contributed by atoms with Gasteiger partial charge in [0, 0.05) is 19.3 Å². The number of aliphatic hydroxyl groups excluding tert-OH is 1. The molecule has 0 aromatic carbocycles. The van der Waals surface area contributed by atoms with Crippen molar-refractivity contribution in [2.75, 3.05) is 26.4 Å². The van der Waals surface area contributed by atoms with Crippen molar-refractivity contribution in [1.29, 1.82) is 0 Å². The van der Waals surface area contributed by atoms with Gasteiger partial charge in [-0.3, -0.25) is 23.4 Å². The van der Waals surface area contributed by atoms with Gasteiger partial charge in [0.25, 0.3) is 0 Å². The summed E-state index contributed by atoms with van der Waals surface area (Å²) in [5.41, 5.74) is 0. The van der Waals surface area contributed by atoms with Crippen molar-refractivity contribution in [3.63, 3.8) is 0 Å². The maximum absolute atomic E-state index is 12.9. The van der Waals surface area contributed by atoms with Crippen molar-refractivity contribution < 1.29 is 52.2 Å². The Hall–Kier alpha value is -2.56. The van der Waals surface area contributed by atoms with Gasteiger partial charge in [-0.2, -0.15) is 0 Å². The van der Waals surface area contributed by atoms with Crippen LogP contribution in [-0.4, -0.2) is 66.5 Å². The van der Waals surface area contributed by atoms with Crippen LogP contribution in [0.15, 0.2) is 48.6 Å². The van der Waals surface area contributed by atoms with E-state index in [0.717, 1.165) is 103 Å². The van der Waals surface area contributed by atoms with Crippen LogP contribution < -0.4 is 0 Å². The average Bonchev–Trinajstić information content (AvgIpc) is 3.32. The van der Waals surface area contributed by atoms with Crippen molar-refractivity contribution in [3.8, 4) is 0 Å². The molecule has 68 heavy (non-hydrogen) atoms. The summed E-state index contributed by atoms with van der Waals surface area (Å²) in [5, 5.41) is 9.76. The molecule has 0 radical (unpaired) electrons. The number of aliphatic hydroxyl groups is 1. The molecule has 3 atom stereocenters. The van der Waals surface area contributed by atoms with Gasteiger partial charge in [0.1, 0.15) is 12.7 Å². The maximum atomic E-state index is 12.9. The fourth-order valence-electron chi connectivity index (χ4n) is 7.47. The molecule has 0 amide bonds. The molecule has 0 fully saturated rings. The minimum Gasteiger partial charge on any atom is -0.462 e. The standard InChI is InChI=1S/C56H101O11P/c1-4-7-10-13-16-19-21-23-25-26-28-30-32-35-38-41-44-47-56(60)67-53(49-63-54(58)45-42-39-36-34-31-29-27-24-22-20-17-14-11-8-5-2)51-65-68(61,62)64-50-52(48-57)66-55(59)46-43-40-37-33-18-15-12-9-6-3/h16-17,19-20,23-25,27,52-53,57H,4-15,18,21-22,26,28-51H2,1-3H3,(H,61,62)/b19-16-,20-17-,25-23-,27-24-. The molecular formula is C56H101O11P. The molecule has 2 N–H and O–H groups in total. The van der Waals surface area contributed by atoms with Crippen LogP contribution in [-0.2, 0) is 42.2 Å². The Balaban J connectivity index is 4.76. The summed E-state index contributed by atoms with van der Waals surface area (Å²) in [6.45, 7) is 4.55. The number of phosphoric ester groups is 1. The molecule has 0 rings (SSSR count). The Kier molecular flexibility index (Phi) is 48.9. The maximum Gasteiger partial charge on any atom is 0.472 e. The van der Waals surface area contributed by atoms with Crippen LogP contribution in [0.2, 0.25) is 0 Å². The van der Waals surface area contributed by atoms with Gasteiger partial charge in [0.15, 0.2) is 6.10 Å². The lowest BCUT2D eigenvalue weighted by molar-refractivity contribution is -0.161. The summed E-state index contributed by atoms with van der Waals surface area (Å²) in [5.74, 6) is -1.48. The largest absolute Gasteiger partial charge is 0.472 e. The van der Waals surface area contributed by atoms with E-state index in [0.29, 0.717) is 19.3 Å². The van der Waals surface area contributed by atoms with E-state index in [1.165, 1.54) is 89.9 Å². The van der Waals surface area contributed by atoms with E-state index in [4.69, 9.17) is 23.3 Å². The first-order valence-electron chi connectivity index (χ1n) is 27.5. The first-order valence-corrected chi connectivity index (χ1v) is 29.0. The van der Waals surface area contributed by atoms with Crippen molar-refractivity contribution in [2.24, 2.45) is 0 Å². The zero-order valence-electron chi connectivity index (χ0n) is 43.6. The second-order valence-electron chi connectivity index (χ2n) is 18.4. The molecule has 11 nitrogen and oxygen atoms in total. The molecule has 0 spiro atoms. The van der Waals surface area contributed by atoms with Crippen molar-refractivity contribution >= 4 is 25.7 Å². The number of hydrogen-bond acceptors (Lipinski definition) is 10. The summed E-state index contributed by atoms with van der Waals surface area (Å²) < 4.78 is 39.4. The number of phosphoric acid groups is 1. The van der Waals surface area contributed by atoms with E-state index in [2.05, 4.69) is 69.4 Å². The Bertz CT molecular complexity index is 1330. The van der Waals surface area contributed by atoms with Crippen LogP contribution in [0.4, 0.5) is 0 Å². The first-order chi connectivity index (χ1) is 33.2. The van der Waals surface area contributed by atoms with Crippen molar-refractivity contribution in [1.82, 2.24) is 0 Å². The number of rotatable bonds is 51. The number of carbonyl (C=O) groups is 3. The molecule has 0 aliphatic heterocycles. The fraction of sp³-hybridized carbons (Fsp3) is 0.804. The molecule has 3 unspecified atom stereocenters. The van der Waals surface area contributed by atoms with Crippen LogP contribution in [0.5, 0.6) is 0 Å². The number of allylic oxidation sites excluding steroid dienone is 8. The minimum atomic E-state index is -4.74. The lowest BCUT2D eigenvalue weighted by Crippen LogP contribution is -2.30. The molecule has 0 bridgehead atoms. The zero-order chi connectivity index (χ0) is 49.9. The molecule has 0 aromatic rings. The van der Waals surface area contributed by atoms with Gasteiger partial charge in [-0.15, -0.1) is 0 Å². The van der Waals surface area contributed by atoms with E-state index in [-0.39, 0.29) is 25.9 Å². The average molecular weight is 981 g/mol. The predicted octanol–water partition coefficient (Wildman–Crippen LogP) is 15.8. The molecular weight excluding hydrogens is 880 g/mol. The van der Waals surface area contributed by atoms with Crippen LogP contribution in [0, 0.1) is 0 Å². The highest BCUT2D eigenvalue weighted by molar-refractivity contribution is 7.47. The van der Waals surface area contributed by atoms with E-state index >= 15 is 0 Å². The SMILES string of the molecule is CCCCC/C=C\C/C=C\CCCCCCCCCC(=O)OC(COC(=O)CCCCCCC/C=C\C/C=C\CCCCC)COP(=O)(O)OCC(CO)OC(=O)CCCCCCCCCCC. The molecule has 0 heterocycles. The van der Waals surface area contributed by atoms with E-state index in [9.17, 15) is 28.9 Å². The summed E-state index contributed by atoms with van der Waals surface area (Å²) >= 11 is 0. The third kappa shape index (κ3) is 48.5. The normalized spacial score (nSPS) is 13.8. The van der Waals surface area contributed by atoms with Crippen LogP contribution in [0.25, 0.3) is 0 Å².